The second kappa shape index (κ2) is 5.14. The van der Waals surface area contributed by atoms with Gasteiger partial charge in [-0.1, -0.05) is 48.5 Å². The first-order chi connectivity index (χ1) is 9.33. The molecule has 0 spiro atoms. The number of para-hydroxylation sites is 1. The molecule has 1 N–H and O–H groups in total. The molecule has 1 aliphatic rings. The molecular formula is C16H15NO2. The number of rotatable bonds is 3. The summed E-state index contributed by atoms with van der Waals surface area (Å²) in [5.74, 6) is 0.987. The summed E-state index contributed by atoms with van der Waals surface area (Å²) < 4.78 is 5.20. The van der Waals surface area contributed by atoms with Crippen LogP contribution in [-0.2, 0) is 0 Å². The highest BCUT2D eigenvalue weighted by atomic mass is 16.6. The Bertz CT molecular complexity index is 553. The fraction of sp³-hybridized carbons (Fsp3) is 0.188. The normalized spacial score (nSPS) is 20.6. The highest BCUT2D eigenvalue weighted by molar-refractivity contribution is 5.71. The van der Waals surface area contributed by atoms with E-state index in [2.05, 4.69) is 17.4 Å². The van der Waals surface area contributed by atoms with Gasteiger partial charge in [-0.05, 0) is 24.1 Å². The van der Waals surface area contributed by atoms with Crippen LogP contribution >= 0.6 is 0 Å². The molecule has 0 aliphatic heterocycles. The van der Waals surface area contributed by atoms with Crippen molar-refractivity contribution in [2.75, 3.05) is 0 Å². The minimum Gasteiger partial charge on any atom is -0.410 e. The Morgan fingerprint density at radius 1 is 1.00 bits per heavy atom. The van der Waals surface area contributed by atoms with Gasteiger partial charge in [0.25, 0.3) is 0 Å². The molecule has 0 aromatic heterocycles. The lowest BCUT2D eigenvalue weighted by Gasteiger charge is -2.06. The topological polar surface area (TPSA) is 38.3 Å². The average molecular weight is 253 g/mol. The van der Waals surface area contributed by atoms with Crippen molar-refractivity contribution >= 4 is 6.09 Å². The second-order valence-electron chi connectivity index (χ2n) is 4.71. The number of hydrogen-bond donors (Lipinski definition) is 1. The van der Waals surface area contributed by atoms with E-state index in [-0.39, 0.29) is 12.1 Å². The van der Waals surface area contributed by atoms with Gasteiger partial charge in [0.2, 0.25) is 0 Å². The summed E-state index contributed by atoms with van der Waals surface area (Å²) in [6, 6.07) is 19.5. The fourth-order valence-electron chi connectivity index (χ4n) is 2.20. The summed E-state index contributed by atoms with van der Waals surface area (Å²) in [6.45, 7) is 0. The molecule has 1 fully saturated rings. The zero-order valence-electron chi connectivity index (χ0n) is 10.5. The molecule has 19 heavy (non-hydrogen) atoms. The monoisotopic (exact) mass is 253 g/mol. The Hall–Kier alpha value is -2.29. The van der Waals surface area contributed by atoms with Gasteiger partial charge < -0.3 is 10.1 Å². The van der Waals surface area contributed by atoms with Crippen LogP contribution in [0.4, 0.5) is 4.79 Å². The maximum absolute atomic E-state index is 11.7. The first-order valence-electron chi connectivity index (χ1n) is 6.41. The molecule has 1 amide bonds. The molecule has 2 aromatic carbocycles. The van der Waals surface area contributed by atoms with Crippen molar-refractivity contribution in [2.45, 2.75) is 18.4 Å². The van der Waals surface area contributed by atoms with Crippen LogP contribution in [0.25, 0.3) is 0 Å². The van der Waals surface area contributed by atoms with Crippen molar-refractivity contribution in [1.29, 1.82) is 0 Å². The van der Waals surface area contributed by atoms with Gasteiger partial charge in [-0.2, -0.15) is 0 Å². The van der Waals surface area contributed by atoms with Crippen molar-refractivity contribution in [3.05, 3.63) is 66.2 Å². The van der Waals surface area contributed by atoms with Crippen LogP contribution in [0, 0.1) is 0 Å². The van der Waals surface area contributed by atoms with Crippen LogP contribution in [0.3, 0.4) is 0 Å². The molecule has 3 nitrogen and oxygen atoms in total. The van der Waals surface area contributed by atoms with E-state index < -0.39 is 0 Å². The van der Waals surface area contributed by atoms with Crippen molar-refractivity contribution in [2.24, 2.45) is 0 Å². The molecule has 3 heteroatoms. The van der Waals surface area contributed by atoms with Crippen molar-refractivity contribution in [3.63, 3.8) is 0 Å². The number of carbonyl (C=O) groups is 1. The third-order valence-corrected chi connectivity index (χ3v) is 3.28. The average Bonchev–Trinajstić information content (AvgIpc) is 3.20. The minimum atomic E-state index is -0.380. The molecule has 1 unspecified atom stereocenters. The number of benzene rings is 2. The maximum Gasteiger partial charge on any atom is 0.412 e. The van der Waals surface area contributed by atoms with Gasteiger partial charge >= 0.3 is 6.09 Å². The second-order valence-corrected chi connectivity index (χ2v) is 4.71. The molecular weight excluding hydrogens is 238 g/mol. The van der Waals surface area contributed by atoms with Crippen LogP contribution < -0.4 is 10.1 Å². The highest BCUT2D eigenvalue weighted by Gasteiger charge is 2.39. The number of hydrogen-bond acceptors (Lipinski definition) is 2. The zero-order valence-corrected chi connectivity index (χ0v) is 10.5. The van der Waals surface area contributed by atoms with E-state index in [1.54, 1.807) is 12.1 Å². The van der Waals surface area contributed by atoms with Crippen LogP contribution in [-0.4, -0.2) is 12.1 Å². The molecule has 3 rings (SSSR count). The number of ether oxygens (including phenoxy) is 1. The Morgan fingerprint density at radius 3 is 2.32 bits per heavy atom. The number of nitrogens with one attached hydrogen (secondary N) is 1. The van der Waals surface area contributed by atoms with E-state index in [9.17, 15) is 4.79 Å². The van der Waals surface area contributed by atoms with E-state index in [1.807, 2.05) is 36.4 Å². The maximum atomic E-state index is 11.7. The highest BCUT2D eigenvalue weighted by Crippen LogP contribution is 2.40. The standard InChI is InChI=1S/C16H15NO2/c18-16(19-13-9-5-2-6-10-13)17-15-11-14(15)12-7-3-1-4-8-12/h1-10,14-15H,11H2,(H,17,18)/t14-,15?/m0/s1. The number of carbonyl (C=O) groups excluding carboxylic acids is 1. The number of amides is 1. The molecule has 1 saturated carbocycles. The smallest absolute Gasteiger partial charge is 0.410 e. The van der Waals surface area contributed by atoms with Crippen LogP contribution in [0.15, 0.2) is 60.7 Å². The molecule has 0 radical (unpaired) electrons. The SMILES string of the molecule is O=C(NC1C[C@H]1c1ccccc1)Oc1ccccc1. The minimum absolute atomic E-state index is 0.193. The van der Waals surface area contributed by atoms with E-state index in [1.165, 1.54) is 5.56 Å². The molecule has 0 bridgehead atoms. The fourth-order valence-corrected chi connectivity index (χ4v) is 2.20. The van der Waals surface area contributed by atoms with Gasteiger partial charge in [-0.3, -0.25) is 0 Å². The van der Waals surface area contributed by atoms with E-state index in [0.29, 0.717) is 11.7 Å². The first-order valence-corrected chi connectivity index (χ1v) is 6.41. The van der Waals surface area contributed by atoms with Gasteiger partial charge in [0.1, 0.15) is 5.75 Å². The van der Waals surface area contributed by atoms with Crippen molar-refractivity contribution in [1.82, 2.24) is 5.32 Å². The zero-order chi connectivity index (χ0) is 13.1. The quantitative estimate of drug-likeness (QED) is 0.911. The van der Waals surface area contributed by atoms with Crippen molar-refractivity contribution in [3.8, 4) is 5.75 Å². The third-order valence-electron chi connectivity index (χ3n) is 3.28. The Kier molecular flexibility index (Phi) is 3.19. The summed E-state index contributed by atoms with van der Waals surface area (Å²) >= 11 is 0. The molecule has 0 heterocycles. The molecule has 1 aliphatic carbocycles. The van der Waals surface area contributed by atoms with Gasteiger partial charge in [-0.15, -0.1) is 0 Å². The summed E-state index contributed by atoms with van der Waals surface area (Å²) in [5, 5.41) is 2.89. The predicted molar refractivity (Wildman–Crippen MR) is 73.2 cm³/mol. The summed E-state index contributed by atoms with van der Waals surface area (Å²) in [4.78, 5) is 11.7. The Labute approximate surface area is 112 Å². The van der Waals surface area contributed by atoms with E-state index in [4.69, 9.17) is 4.74 Å². The van der Waals surface area contributed by atoms with E-state index >= 15 is 0 Å². The lowest BCUT2D eigenvalue weighted by atomic mass is 10.1. The van der Waals surface area contributed by atoms with Gasteiger partial charge in [-0.25, -0.2) is 4.79 Å². The van der Waals surface area contributed by atoms with Crippen LogP contribution in [0.1, 0.15) is 17.9 Å². The predicted octanol–water partition coefficient (Wildman–Crippen LogP) is 3.33. The van der Waals surface area contributed by atoms with Gasteiger partial charge in [0.15, 0.2) is 0 Å². The molecule has 96 valence electrons. The van der Waals surface area contributed by atoms with Crippen LogP contribution in [0.2, 0.25) is 0 Å². The summed E-state index contributed by atoms with van der Waals surface area (Å²) in [6.07, 6.45) is 0.600. The lowest BCUT2D eigenvalue weighted by molar-refractivity contribution is 0.200. The van der Waals surface area contributed by atoms with Gasteiger partial charge in [0, 0.05) is 12.0 Å². The third kappa shape index (κ3) is 2.94. The lowest BCUT2D eigenvalue weighted by Crippen LogP contribution is -2.29. The van der Waals surface area contributed by atoms with Crippen molar-refractivity contribution < 1.29 is 9.53 Å². The van der Waals surface area contributed by atoms with E-state index in [0.717, 1.165) is 6.42 Å². The van der Waals surface area contributed by atoms with Crippen LogP contribution in [0.5, 0.6) is 5.75 Å². The summed E-state index contributed by atoms with van der Waals surface area (Å²) in [7, 11) is 0. The summed E-state index contributed by atoms with van der Waals surface area (Å²) in [5.41, 5.74) is 1.27. The molecule has 2 atom stereocenters. The Balaban J connectivity index is 1.52. The first kappa shape index (κ1) is 11.8. The Morgan fingerprint density at radius 2 is 1.63 bits per heavy atom. The van der Waals surface area contributed by atoms with Gasteiger partial charge in [0.05, 0.1) is 0 Å². The largest absolute Gasteiger partial charge is 0.412 e. The molecule has 0 saturated heterocycles. The molecule has 2 aromatic rings.